The number of nitrogens with one attached hydrogen (secondary N) is 1. The van der Waals surface area contributed by atoms with Crippen LogP contribution in [-0.2, 0) is 6.42 Å². The zero-order valence-electron chi connectivity index (χ0n) is 12.1. The summed E-state index contributed by atoms with van der Waals surface area (Å²) in [6, 6.07) is 8.02. The Morgan fingerprint density at radius 2 is 2.10 bits per heavy atom. The summed E-state index contributed by atoms with van der Waals surface area (Å²) in [5.74, 6) is 1.60. The van der Waals surface area contributed by atoms with Crippen molar-refractivity contribution < 1.29 is 4.52 Å². The van der Waals surface area contributed by atoms with E-state index < -0.39 is 0 Å². The number of nitrogens with zero attached hydrogens (tertiary/aromatic N) is 2. The quantitative estimate of drug-likeness (QED) is 0.887. The van der Waals surface area contributed by atoms with Crippen LogP contribution in [0, 0.1) is 0 Å². The van der Waals surface area contributed by atoms with E-state index in [2.05, 4.69) is 29.3 Å². The van der Waals surface area contributed by atoms with Crippen molar-refractivity contribution in [1.29, 1.82) is 0 Å². The van der Waals surface area contributed by atoms with Crippen LogP contribution in [0.4, 0.5) is 0 Å². The first-order valence-corrected chi connectivity index (χ1v) is 7.26. The highest BCUT2D eigenvalue weighted by molar-refractivity contribution is 6.31. The van der Waals surface area contributed by atoms with Gasteiger partial charge in [0, 0.05) is 17.5 Å². The van der Waals surface area contributed by atoms with Gasteiger partial charge in [0.25, 0.3) is 0 Å². The van der Waals surface area contributed by atoms with E-state index in [0.29, 0.717) is 24.2 Å². The van der Waals surface area contributed by atoms with E-state index in [9.17, 15) is 0 Å². The maximum absolute atomic E-state index is 6.15. The van der Waals surface area contributed by atoms with E-state index in [-0.39, 0.29) is 5.92 Å². The van der Waals surface area contributed by atoms with Crippen LogP contribution < -0.4 is 5.32 Å². The van der Waals surface area contributed by atoms with Crippen molar-refractivity contribution >= 4 is 11.6 Å². The highest BCUT2D eigenvalue weighted by Crippen LogP contribution is 2.23. The number of rotatable bonds is 6. The second kappa shape index (κ2) is 6.86. The molecule has 5 heteroatoms. The molecule has 1 aromatic carbocycles. The summed E-state index contributed by atoms with van der Waals surface area (Å²) in [6.07, 6.45) is 1.54. The molecule has 2 unspecified atom stereocenters. The van der Waals surface area contributed by atoms with Gasteiger partial charge < -0.3 is 9.84 Å². The minimum Gasteiger partial charge on any atom is -0.339 e. The van der Waals surface area contributed by atoms with Gasteiger partial charge in [0.15, 0.2) is 5.82 Å². The highest BCUT2D eigenvalue weighted by atomic mass is 35.5. The van der Waals surface area contributed by atoms with Gasteiger partial charge in [-0.05, 0) is 32.0 Å². The molecule has 0 aliphatic rings. The van der Waals surface area contributed by atoms with Crippen molar-refractivity contribution in [3.05, 3.63) is 46.6 Å². The Hall–Kier alpha value is -1.39. The average Bonchev–Trinajstić information content (AvgIpc) is 2.90. The first-order valence-electron chi connectivity index (χ1n) is 6.88. The Balaban J connectivity index is 2.15. The Kier molecular flexibility index (Phi) is 5.15. The number of benzene rings is 1. The molecule has 0 aliphatic carbocycles. The van der Waals surface area contributed by atoms with Gasteiger partial charge in [-0.15, -0.1) is 0 Å². The average molecular weight is 294 g/mol. The lowest BCUT2D eigenvalue weighted by Crippen LogP contribution is -2.28. The molecule has 0 amide bonds. The monoisotopic (exact) mass is 293 g/mol. The van der Waals surface area contributed by atoms with E-state index >= 15 is 0 Å². The van der Waals surface area contributed by atoms with E-state index in [1.54, 1.807) is 0 Å². The minimum absolute atomic E-state index is 0.229. The van der Waals surface area contributed by atoms with Gasteiger partial charge in [0.1, 0.15) is 0 Å². The van der Waals surface area contributed by atoms with Crippen LogP contribution in [-0.4, -0.2) is 23.2 Å². The fourth-order valence-corrected chi connectivity index (χ4v) is 2.45. The molecule has 0 saturated heterocycles. The highest BCUT2D eigenvalue weighted by Gasteiger charge is 2.22. The maximum Gasteiger partial charge on any atom is 0.231 e. The summed E-state index contributed by atoms with van der Waals surface area (Å²) in [4.78, 5) is 4.51. The second-order valence-electron chi connectivity index (χ2n) is 4.91. The Morgan fingerprint density at radius 3 is 2.75 bits per heavy atom. The van der Waals surface area contributed by atoms with Gasteiger partial charge >= 0.3 is 0 Å². The van der Waals surface area contributed by atoms with E-state index in [4.69, 9.17) is 16.1 Å². The molecule has 20 heavy (non-hydrogen) atoms. The molecule has 0 fully saturated rings. The molecule has 1 heterocycles. The Labute approximate surface area is 124 Å². The molecule has 0 saturated carbocycles. The molecule has 0 spiro atoms. The Morgan fingerprint density at radius 1 is 1.35 bits per heavy atom. The third kappa shape index (κ3) is 3.38. The van der Waals surface area contributed by atoms with Crippen molar-refractivity contribution in [2.24, 2.45) is 0 Å². The number of hydrogen-bond acceptors (Lipinski definition) is 4. The van der Waals surface area contributed by atoms with Crippen LogP contribution in [0.1, 0.15) is 43.5 Å². The summed E-state index contributed by atoms with van der Waals surface area (Å²) in [7, 11) is 1.94. The van der Waals surface area contributed by atoms with Crippen LogP contribution in [0.3, 0.4) is 0 Å². The lowest BCUT2D eigenvalue weighted by molar-refractivity contribution is 0.320. The first-order chi connectivity index (χ1) is 9.65. The molecular weight excluding hydrogens is 274 g/mol. The molecule has 2 aromatic rings. The Bertz CT molecular complexity index is 556. The van der Waals surface area contributed by atoms with Gasteiger partial charge in [0.05, 0.1) is 5.92 Å². The number of likely N-dealkylation sites (N-methyl/N-ethyl adjacent to an activating group) is 1. The normalized spacial score (nSPS) is 14.2. The van der Waals surface area contributed by atoms with Gasteiger partial charge in [-0.25, -0.2) is 0 Å². The van der Waals surface area contributed by atoms with Crippen molar-refractivity contribution in [2.45, 2.75) is 38.6 Å². The van der Waals surface area contributed by atoms with Gasteiger partial charge in [0.2, 0.25) is 5.89 Å². The van der Waals surface area contributed by atoms with Crippen LogP contribution in [0.2, 0.25) is 5.02 Å². The summed E-state index contributed by atoms with van der Waals surface area (Å²) < 4.78 is 5.41. The molecule has 0 aliphatic heterocycles. The third-order valence-corrected chi connectivity index (χ3v) is 3.97. The van der Waals surface area contributed by atoms with Crippen LogP contribution in [0.15, 0.2) is 28.8 Å². The SMILES string of the molecule is CCC(c1nc(Cc2ccccc2Cl)no1)C(C)NC. The van der Waals surface area contributed by atoms with Gasteiger partial charge in [-0.1, -0.05) is 41.9 Å². The lowest BCUT2D eigenvalue weighted by atomic mass is 9.98. The van der Waals surface area contributed by atoms with Crippen molar-refractivity contribution in [2.75, 3.05) is 7.05 Å². The van der Waals surface area contributed by atoms with E-state index in [0.717, 1.165) is 17.0 Å². The summed E-state index contributed by atoms with van der Waals surface area (Å²) in [5, 5.41) is 8.03. The molecule has 1 N–H and O–H groups in total. The molecule has 0 bridgehead atoms. The predicted octanol–water partition coefficient (Wildman–Crippen LogP) is 3.42. The van der Waals surface area contributed by atoms with E-state index in [1.807, 2.05) is 31.3 Å². The number of halogens is 1. The van der Waals surface area contributed by atoms with Gasteiger partial charge in [-0.3, -0.25) is 0 Å². The fourth-order valence-electron chi connectivity index (χ4n) is 2.25. The van der Waals surface area contributed by atoms with Crippen LogP contribution >= 0.6 is 11.6 Å². The molecule has 4 nitrogen and oxygen atoms in total. The van der Waals surface area contributed by atoms with Crippen molar-refractivity contribution in [3.63, 3.8) is 0 Å². The number of aromatic nitrogens is 2. The summed E-state index contributed by atoms with van der Waals surface area (Å²) >= 11 is 6.15. The van der Waals surface area contributed by atoms with Crippen molar-refractivity contribution in [3.8, 4) is 0 Å². The van der Waals surface area contributed by atoms with Crippen molar-refractivity contribution in [1.82, 2.24) is 15.5 Å². The first kappa shape index (κ1) is 15.0. The van der Waals surface area contributed by atoms with Crippen LogP contribution in [0.25, 0.3) is 0 Å². The fraction of sp³-hybridized carbons (Fsp3) is 0.467. The molecule has 1 aromatic heterocycles. The lowest BCUT2D eigenvalue weighted by Gasteiger charge is -2.17. The summed E-state index contributed by atoms with van der Waals surface area (Å²) in [5.41, 5.74) is 1.01. The van der Waals surface area contributed by atoms with Gasteiger partial charge in [-0.2, -0.15) is 4.98 Å². The molecule has 2 rings (SSSR count). The molecule has 0 radical (unpaired) electrons. The maximum atomic E-state index is 6.15. The number of hydrogen-bond donors (Lipinski definition) is 1. The predicted molar refractivity (Wildman–Crippen MR) is 80.1 cm³/mol. The van der Waals surface area contributed by atoms with E-state index in [1.165, 1.54) is 0 Å². The standard InChI is InChI=1S/C15H20ClN3O/c1-4-12(10(2)17-3)15-18-14(19-20-15)9-11-7-5-6-8-13(11)16/h5-8,10,12,17H,4,9H2,1-3H3. The van der Waals surface area contributed by atoms with Crippen LogP contribution in [0.5, 0.6) is 0 Å². The zero-order valence-corrected chi connectivity index (χ0v) is 12.8. The topological polar surface area (TPSA) is 51.0 Å². The second-order valence-corrected chi connectivity index (χ2v) is 5.32. The smallest absolute Gasteiger partial charge is 0.231 e. The zero-order chi connectivity index (χ0) is 14.5. The minimum atomic E-state index is 0.229. The summed E-state index contributed by atoms with van der Waals surface area (Å²) in [6.45, 7) is 4.24. The molecule has 108 valence electrons. The molecular formula is C15H20ClN3O. The third-order valence-electron chi connectivity index (χ3n) is 3.61. The molecule has 2 atom stereocenters. The largest absolute Gasteiger partial charge is 0.339 e.